The molecular weight excluding hydrogens is 278 g/mol. The van der Waals surface area contributed by atoms with Crippen LogP contribution in [0.1, 0.15) is 25.3 Å². The zero-order valence-electron chi connectivity index (χ0n) is 13.2. The van der Waals surface area contributed by atoms with Crippen LogP contribution in [-0.4, -0.2) is 28.1 Å². The molecule has 1 heterocycles. The standard InChI is InChI=1S/C17H23N3O2/c1-3-15(22-16-8-5-4-7-14(16)2)17(21)19-9-6-11-20-12-10-18-13-20/h4-5,7-8,10,12-13,15H,3,6,9,11H2,1-2H3,(H,19,21)/t15-/m0/s1. The second kappa shape index (κ2) is 8.22. The van der Waals surface area contributed by atoms with Gasteiger partial charge in [-0.15, -0.1) is 0 Å². The van der Waals surface area contributed by atoms with Crippen LogP contribution in [0, 0.1) is 6.92 Å². The quantitative estimate of drug-likeness (QED) is 0.762. The number of amides is 1. The molecule has 1 atom stereocenters. The molecule has 1 amide bonds. The number of nitrogens with zero attached hydrogens (tertiary/aromatic N) is 2. The number of nitrogens with one attached hydrogen (secondary N) is 1. The minimum atomic E-state index is -0.450. The third-order valence-corrected chi connectivity index (χ3v) is 3.48. The molecule has 5 nitrogen and oxygen atoms in total. The SMILES string of the molecule is CC[C@H](Oc1ccccc1C)C(=O)NCCCn1ccnc1. The van der Waals surface area contributed by atoms with E-state index in [1.165, 1.54) is 0 Å². The summed E-state index contributed by atoms with van der Waals surface area (Å²) in [6, 6.07) is 7.74. The Labute approximate surface area is 131 Å². The molecule has 0 unspecified atom stereocenters. The molecule has 0 saturated heterocycles. The average Bonchev–Trinajstić information content (AvgIpc) is 3.04. The number of benzene rings is 1. The van der Waals surface area contributed by atoms with E-state index in [2.05, 4.69) is 10.3 Å². The lowest BCUT2D eigenvalue weighted by Gasteiger charge is -2.18. The van der Waals surface area contributed by atoms with E-state index in [0.29, 0.717) is 13.0 Å². The first kappa shape index (κ1) is 16.1. The van der Waals surface area contributed by atoms with Crippen molar-refractivity contribution in [3.05, 3.63) is 48.5 Å². The van der Waals surface area contributed by atoms with Crippen molar-refractivity contribution in [3.8, 4) is 5.75 Å². The molecule has 1 aromatic carbocycles. The van der Waals surface area contributed by atoms with Crippen molar-refractivity contribution in [1.82, 2.24) is 14.9 Å². The highest BCUT2D eigenvalue weighted by atomic mass is 16.5. The average molecular weight is 301 g/mol. The van der Waals surface area contributed by atoms with E-state index in [4.69, 9.17) is 4.74 Å². The maximum absolute atomic E-state index is 12.2. The summed E-state index contributed by atoms with van der Waals surface area (Å²) in [4.78, 5) is 16.2. The zero-order valence-corrected chi connectivity index (χ0v) is 13.2. The van der Waals surface area contributed by atoms with Gasteiger partial charge in [0.2, 0.25) is 0 Å². The summed E-state index contributed by atoms with van der Waals surface area (Å²) in [5, 5.41) is 2.94. The zero-order chi connectivity index (χ0) is 15.8. The maximum atomic E-state index is 12.2. The van der Waals surface area contributed by atoms with Gasteiger partial charge in [0.25, 0.3) is 5.91 Å². The van der Waals surface area contributed by atoms with Gasteiger partial charge in [-0.05, 0) is 31.4 Å². The van der Waals surface area contributed by atoms with Crippen molar-refractivity contribution in [2.75, 3.05) is 6.54 Å². The molecule has 2 aromatic rings. The third kappa shape index (κ3) is 4.62. The fourth-order valence-electron chi connectivity index (χ4n) is 2.17. The molecule has 0 bridgehead atoms. The van der Waals surface area contributed by atoms with Crippen LogP contribution in [0.15, 0.2) is 43.0 Å². The van der Waals surface area contributed by atoms with Crippen LogP contribution in [0.5, 0.6) is 5.75 Å². The fraction of sp³-hybridized carbons (Fsp3) is 0.412. The highest BCUT2D eigenvalue weighted by Gasteiger charge is 2.18. The predicted molar refractivity (Wildman–Crippen MR) is 85.7 cm³/mol. The highest BCUT2D eigenvalue weighted by Crippen LogP contribution is 2.18. The maximum Gasteiger partial charge on any atom is 0.261 e. The Morgan fingerprint density at radius 1 is 1.41 bits per heavy atom. The molecule has 1 aromatic heterocycles. The van der Waals surface area contributed by atoms with Crippen molar-refractivity contribution in [3.63, 3.8) is 0 Å². The normalized spacial score (nSPS) is 11.9. The van der Waals surface area contributed by atoms with Crippen LogP contribution in [-0.2, 0) is 11.3 Å². The first-order valence-electron chi connectivity index (χ1n) is 7.66. The van der Waals surface area contributed by atoms with Gasteiger partial charge >= 0.3 is 0 Å². The molecule has 118 valence electrons. The minimum Gasteiger partial charge on any atom is -0.480 e. The molecule has 0 aliphatic carbocycles. The van der Waals surface area contributed by atoms with Crippen LogP contribution in [0.2, 0.25) is 0 Å². The molecule has 22 heavy (non-hydrogen) atoms. The summed E-state index contributed by atoms with van der Waals surface area (Å²) in [7, 11) is 0. The first-order chi connectivity index (χ1) is 10.7. The summed E-state index contributed by atoms with van der Waals surface area (Å²) < 4.78 is 7.83. The Bertz CT molecular complexity index is 581. The molecule has 0 aliphatic heterocycles. The summed E-state index contributed by atoms with van der Waals surface area (Å²) in [6.45, 7) is 5.40. The fourth-order valence-corrected chi connectivity index (χ4v) is 2.17. The number of para-hydroxylation sites is 1. The molecular formula is C17H23N3O2. The molecule has 5 heteroatoms. The monoisotopic (exact) mass is 301 g/mol. The first-order valence-corrected chi connectivity index (χ1v) is 7.66. The van der Waals surface area contributed by atoms with Crippen LogP contribution in [0.4, 0.5) is 0 Å². The van der Waals surface area contributed by atoms with E-state index >= 15 is 0 Å². The summed E-state index contributed by atoms with van der Waals surface area (Å²) in [5.74, 6) is 0.708. The lowest BCUT2D eigenvalue weighted by Crippen LogP contribution is -2.38. The number of carbonyl (C=O) groups excluding carboxylic acids is 1. The van der Waals surface area contributed by atoms with Crippen molar-refractivity contribution < 1.29 is 9.53 Å². The number of aromatic nitrogens is 2. The number of imidazole rings is 1. The number of carbonyl (C=O) groups is 1. The highest BCUT2D eigenvalue weighted by molar-refractivity contribution is 5.81. The van der Waals surface area contributed by atoms with E-state index in [0.717, 1.165) is 24.3 Å². The molecule has 2 rings (SSSR count). The Morgan fingerprint density at radius 2 is 2.23 bits per heavy atom. The van der Waals surface area contributed by atoms with Crippen LogP contribution < -0.4 is 10.1 Å². The Balaban J connectivity index is 1.77. The number of aryl methyl sites for hydroxylation is 2. The number of rotatable bonds is 8. The Hall–Kier alpha value is -2.30. The second-order valence-electron chi connectivity index (χ2n) is 5.23. The van der Waals surface area contributed by atoms with Gasteiger partial charge in [0.15, 0.2) is 6.10 Å². The molecule has 0 aliphatic rings. The van der Waals surface area contributed by atoms with Crippen molar-refractivity contribution in [2.24, 2.45) is 0 Å². The topological polar surface area (TPSA) is 56.1 Å². The van der Waals surface area contributed by atoms with Gasteiger partial charge in [-0.3, -0.25) is 4.79 Å². The third-order valence-electron chi connectivity index (χ3n) is 3.48. The van der Waals surface area contributed by atoms with Crippen molar-refractivity contribution in [1.29, 1.82) is 0 Å². The van der Waals surface area contributed by atoms with Crippen molar-refractivity contribution in [2.45, 2.75) is 39.3 Å². The summed E-state index contributed by atoms with van der Waals surface area (Å²) in [6.07, 6.45) is 6.50. The molecule has 1 N–H and O–H groups in total. The van der Waals surface area contributed by atoms with Gasteiger partial charge < -0.3 is 14.6 Å². The van der Waals surface area contributed by atoms with Gasteiger partial charge in [-0.25, -0.2) is 4.98 Å². The summed E-state index contributed by atoms with van der Waals surface area (Å²) in [5.41, 5.74) is 1.04. The van der Waals surface area contributed by atoms with Crippen LogP contribution in [0.25, 0.3) is 0 Å². The van der Waals surface area contributed by atoms with Gasteiger partial charge in [0.05, 0.1) is 6.33 Å². The largest absolute Gasteiger partial charge is 0.480 e. The predicted octanol–water partition coefficient (Wildman–Crippen LogP) is 2.56. The van der Waals surface area contributed by atoms with E-state index in [1.54, 1.807) is 12.5 Å². The van der Waals surface area contributed by atoms with Gasteiger partial charge in [0.1, 0.15) is 5.75 Å². The van der Waals surface area contributed by atoms with E-state index in [1.807, 2.05) is 48.9 Å². The van der Waals surface area contributed by atoms with E-state index in [9.17, 15) is 4.79 Å². The minimum absolute atomic E-state index is 0.0589. The number of hydrogen-bond donors (Lipinski definition) is 1. The molecule has 0 fully saturated rings. The van der Waals surface area contributed by atoms with Crippen LogP contribution >= 0.6 is 0 Å². The summed E-state index contributed by atoms with van der Waals surface area (Å²) >= 11 is 0. The van der Waals surface area contributed by atoms with Gasteiger partial charge in [-0.2, -0.15) is 0 Å². The van der Waals surface area contributed by atoms with Crippen molar-refractivity contribution >= 4 is 5.91 Å². The molecule has 0 saturated carbocycles. The van der Waals surface area contributed by atoms with E-state index < -0.39 is 6.10 Å². The Kier molecular flexibility index (Phi) is 6.01. The number of hydrogen-bond acceptors (Lipinski definition) is 3. The molecule has 0 radical (unpaired) electrons. The number of ether oxygens (including phenoxy) is 1. The van der Waals surface area contributed by atoms with E-state index in [-0.39, 0.29) is 5.91 Å². The molecule has 0 spiro atoms. The van der Waals surface area contributed by atoms with Gasteiger partial charge in [0, 0.05) is 25.5 Å². The second-order valence-corrected chi connectivity index (χ2v) is 5.23. The lowest BCUT2D eigenvalue weighted by molar-refractivity contribution is -0.128. The van der Waals surface area contributed by atoms with Crippen LogP contribution in [0.3, 0.4) is 0 Å². The van der Waals surface area contributed by atoms with Gasteiger partial charge in [-0.1, -0.05) is 25.1 Å². The Morgan fingerprint density at radius 3 is 2.91 bits per heavy atom. The lowest BCUT2D eigenvalue weighted by atomic mass is 10.2. The smallest absolute Gasteiger partial charge is 0.261 e.